The molecule has 0 rings (SSSR count). The Bertz CT molecular complexity index is 811. The fourth-order valence-corrected chi connectivity index (χ4v) is 7.07. The topological polar surface area (TPSA) is 82.1 Å². The van der Waals surface area contributed by atoms with Crippen LogP contribution in [0.5, 0.6) is 0 Å². The third-order valence-corrected chi connectivity index (χ3v) is 10.3. The Kier molecular flexibility index (Phi) is 28.0. The van der Waals surface area contributed by atoms with Crippen molar-refractivity contribution in [2.75, 3.05) is 20.6 Å². The maximum atomic E-state index is 12.5. The zero-order valence-corrected chi connectivity index (χ0v) is 35.0. The van der Waals surface area contributed by atoms with E-state index in [9.17, 15) is 14.4 Å². The summed E-state index contributed by atoms with van der Waals surface area (Å²) >= 11 is 0. The minimum Gasteiger partial charge on any atom is -0.462 e. The number of esters is 3. The van der Waals surface area contributed by atoms with E-state index >= 15 is 0 Å². The number of unbranched alkanes of at least 4 members (excludes halogenated alkanes) is 8. The van der Waals surface area contributed by atoms with Crippen molar-refractivity contribution < 1.29 is 28.6 Å². The van der Waals surface area contributed by atoms with Crippen molar-refractivity contribution in [1.29, 1.82) is 0 Å². The lowest BCUT2D eigenvalue weighted by atomic mass is 9.85. The van der Waals surface area contributed by atoms with Gasteiger partial charge in [-0.15, -0.1) is 0 Å². The zero-order valence-electron chi connectivity index (χ0n) is 35.0. The van der Waals surface area contributed by atoms with Crippen LogP contribution in [-0.4, -0.2) is 61.8 Å². The van der Waals surface area contributed by atoms with Gasteiger partial charge < -0.3 is 14.2 Å². The van der Waals surface area contributed by atoms with E-state index in [1.54, 1.807) is 0 Å². The molecule has 0 bridgehead atoms. The SMILES string of the molecule is CC(C)CCC(C(C)C)C(C)OC(=O)CCCCCCCC(CCCCCCCC(=O)OC(C)C(CCC(C)C)C(C)C)OC(=O)CN(C)C. The number of carbonyl (C=O) groups excluding carboxylic acids is 3. The van der Waals surface area contributed by atoms with Crippen molar-refractivity contribution in [3.05, 3.63) is 0 Å². The molecule has 0 heterocycles. The van der Waals surface area contributed by atoms with Gasteiger partial charge in [-0.25, -0.2) is 0 Å². The van der Waals surface area contributed by atoms with Crippen LogP contribution in [0.3, 0.4) is 0 Å². The summed E-state index contributed by atoms with van der Waals surface area (Å²) < 4.78 is 17.6. The highest BCUT2D eigenvalue weighted by Gasteiger charge is 2.25. The van der Waals surface area contributed by atoms with Crippen LogP contribution >= 0.6 is 0 Å². The predicted octanol–water partition coefficient (Wildman–Crippen LogP) is 11.2. The minimum atomic E-state index is -0.159. The molecule has 0 spiro atoms. The maximum Gasteiger partial charge on any atom is 0.320 e. The van der Waals surface area contributed by atoms with Gasteiger partial charge in [-0.1, -0.05) is 107 Å². The molecule has 4 unspecified atom stereocenters. The summed E-state index contributed by atoms with van der Waals surface area (Å²) in [4.78, 5) is 39.3. The molecule has 0 aromatic carbocycles. The summed E-state index contributed by atoms with van der Waals surface area (Å²) in [5.41, 5.74) is 0. The predicted molar refractivity (Wildman–Crippen MR) is 209 cm³/mol. The largest absolute Gasteiger partial charge is 0.462 e. The number of nitrogens with zero attached hydrogens (tertiary/aromatic N) is 1. The first kappa shape index (κ1) is 48.4. The summed E-state index contributed by atoms with van der Waals surface area (Å²) in [6.45, 7) is 22.3. The first-order chi connectivity index (χ1) is 23.5. The van der Waals surface area contributed by atoms with Crippen LogP contribution in [-0.2, 0) is 28.6 Å². The van der Waals surface area contributed by atoms with Crippen molar-refractivity contribution in [3.63, 3.8) is 0 Å². The van der Waals surface area contributed by atoms with Crippen LogP contribution in [0.15, 0.2) is 0 Å². The average molecular weight is 710 g/mol. The fourth-order valence-electron chi connectivity index (χ4n) is 7.07. The van der Waals surface area contributed by atoms with Gasteiger partial charge in [0.1, 0.15) is 18.3 Å². The molecule has 4 atom stereocenters. The van der Waals surface area contributed by atoms with Gasteiger partial charge in [0.2, 0.25) is 0 Å². The Balaban J connectivity index is 4.40. The van der Waals surface area contributed by atoms with Gasteiger partial charge in [-0.05, 0) is 115 Å². The minimum absolute atomic E-state index is 0.0342. The Morgan fingerprint density at radius 3 is 1.14 bits per heavy atom. The van der Waals surface area contributed by atoms with Crippen LogP contribution in [0.1, 0.15) is 185 Å². The number of rotatable bonds is 31. The Hall–Kier alpha value is -1.63. The normalized spacial score (nSPS) is 15.1. The lowest BCUT2D eigenvalue weighted by Gasteiger charge is -2.28. The second kappa shape index (κ2) is 28.9. The van der Waals surface area contributed by atoms with Crippen molar-refractivity contribution in [3.8, 4) is 0 Å². The van der Waals surface area contributed by atoms with Crippen molar-refractivity contribution in [2.45, 2.75) is 203 Å². The number of hydrogen-bond acceptors (Lipinski definition) is 7. The first-order valence-corrected chi connectivity index (χ1v) is 20.8. The van der Waals surface area contributed by atoms with Gasteiger partial charge >= 0.3 is 17.9 Å². The van der Waals surface area contributed by atoms with E-state index in [2.05, 4.69) is 69.2 Å². The van der Waals surface area contributed by atoms with E-state index in [0.29, 0.717) is 54.9 Å². The van der Waals surface area contributed by atoms with E-state index in [-0.39, 0.29) is 36.2 Å². The number of carbonyl (C=O) groups is 3. The monoisotopic (exact) mass is 710 g/mol. The highest BCUT2D eigenvalue weighted by molar-refractivity contribution is 5.71. The molecule has 50 heavy (non-hydrogen) atoms. The second-order valence-corrected chi connectivity index (χ2v) is 17.1. The van der Waals surface area contributed by atoms with Crippen LogP contribution < -0.4 is 0 Å². The summed E-state index contributed by atoms with van der Waals surface area (Å²) in [6.07, 6.45) is 17.2. The molecule has 0 aromatic rings. The molecule has 0 N–H and O–H groups in total. The quantitative estimate of drug-likeness (QED) is 0.0402. The van der Waals surface area contributed by atoms with Gasteiger partial charge in [-0.2, -0.15) is 0 Å². The molecule has 0 fully saturated rings. The fraction of sp³-hybridized carbons (Fsp3) is 0.930. The molecule has 0 aromatic heterocycles. The van der Waals surface area contributed by atoms with Gasteiger partial charge in [0.25, 0.3) is 0 Å². The highest BCUT2D eigenvalue weighted by atomic mass is 16.6. The molecule has 7 heteroatoms. The third-order valence-electron chi connectivity index (χ3n) is 10.3. The molecule has 0 aliphatic carbocycles. The Morgan fingerprint density at radius 2 is 0.800 bits per heavy atom. The van der Waals surface area contributed by atoms with Gasteiger partial charge in [0.15, 0.2) is 0 Å². The molecular weight excluding hydrogens is 626 g/mol. The molecule has 296 valence electrons. The van der Waals surface area contributed by atoms with Gasteiger partial charge in [0.05, 0.1) is 6.54 Å². The van der Waals surface area contributed by atoms with Crippen molar-refractivity contribution in [2.24, 2.45) is 35.5 Å². The molecule has 0 aliphatic rings. The number of ether oxygens (including phenoxy) is 3. The van der Waals surface area contributed by atoms with Crippen LogP contribution in [0.2, 0.25) is 0 Å². The highest BCUT2D eigenvalue weighted by Crippen LogP contribution is 2.27. The molecule has 0 aliphatic heterocycles. The molecule has 0 saturated carbocycles. The second-order valence-electron chi connectivity index (χ2n) is 17.1. The Labute approximate surface area is 310 Å². The van der Waals surface area contributed by atoms with Gasteiger partial charge in [0, 0.05) is 12.8 Å². The first-order valence-electron chi connectivity index (χ1n) is 20.8. The van der Waals surface area contributed by atoms with E-state index in [1.165, 1.54) is 0 Å². The average Bonchev–Trinajstić information content (AvgIpc) is 2.98. The third kappa shape index (κ3) is 26.2. The van der Waals surface area contributed by atoms with E-state index in [0.717, 1.165) is 103 Å². The van der Waals surface area contributed by atoms with Gasteiger partial charge in [-0.3, -0.25) is 19.3 Å². The van der Waals surface area contributed by atoms with Crippen LogP contribution in [0.25, 0.3) is 0 Å². The summed E-state index contributed by atoms with van der Waals surface area (Å²) in [7, 11) is 3.77. The molecule has 0 saturated heterocycles. The lowest BCUT2D eigenvalue weighted by molar-refractivity contribution is -0.153. The maximum absolute atomic E-state index is 12.5. The smallest absolute Gasteiger partial charge is 0.320 e. The number of hydrogen-bond donors (Lipinski definition) is 0. The van der Waals surface area contributed by atoms with E-state index < -0.39 is 0 Å². The Morgan fingerprint density at radius 1 is 0.440 bits per heavy atom. The standard InChI is InChI=1S/C43H83NO6/c1-32(2)27-29-39(34(5)6)36(9)48-41(45)25-21-17-13-15-19-23-38(50-43(47)31-44(11)12)24-20-16-14-18-22-26-42(46)49-37(10)40(35(7)8)30-28-33(3)4/h32-40H,13-31H2,1-12H3. The lowest BCUT2D eigenvalue weighted by Crippen LogP contribution is -2.28. The summed E-state index contributed by atoms with van der Waals surface area (Å²) in [6, 6.07) is 0. The van der Waals surface area contributed by atoms with E-state index in [1.807, 2.05) is 19.0 Å². The molecule has 0 amide bonds. The zero-order chi connectivity index (χ0) is 38.1. The molecular formula is C43H83NO6. The summed E-state index contributed by atoms with van der Waals surface area (Å²) in [5, 5.41) is 0. The van der Waals surface area contributed by atoms with Crippen LogP contribution in [0.4, 0.5) is 0 Å². The molecule has 7 nitrogen and oxygen atoms in total. The van der Waals surface area contributed by atoms with E-state index in [4.69, 9.17) is 14.2 Å². The molecule has 0 radical (unpaired) electrons. The van der Waals surface area contributed by atoms with Crippen LogP contribution in [0, 0.1) is 35.5 Å². The van der Waals surface area contributed by atoms with Crippen molar-refractivity contribution in [1.82, 2.24) is 4.90 Å². The number of likely N-dealkylation sites (N-methyl/N-ethyl adjacent to an activating group) is 1. The van der Waals surface area contributed by atoms with Crippen molar-refractivity contribution >= 4 is 17.9 Å². The summed E-state index contributed by atoms with van der Waals surface area (Å²) in [5.74, 6) is 2.86.